The summed E-state index contributed by atoms with van der Waals surface area (Å²) in [4.78, 5) is 23.2. The number of non-ortho nitro benzene ring substituents is 1. The van der Waals surface area contributed by atoms with Gasteiger partial charge in [0, 0.05) is 17.7 Å². The molecule has 0 bridgehead atoms. The minimum Gasteiger partial charge on any atom is -0.426 e. The Hall–Kier alpha value is -3.73. The SMILES string of the molecule is CC(=O)Oc1cccc2c1c([N+](=O)[O-])c1ccc3cccc4ccc2c1c34. The molecule has 0 saturated heterocycles. The molecule has 0 unspecified atom stereocenters. The van der Waals surface area contributed by atoms with Crippen LogP contribution in [0, 0.1) is 10.1 Å². The topological polar surface area (TPSA) is 69.4 Å². The van der Waals surface area contributed by atoms with Crippen LogP contribution in [0.1, 0.15) is 6.92 Å². The summed E-state index contributed by atoms with van der Waals surface area (Å²) < 4.78 is 5.30. The predicted molar refractivity (Wildman–Crippen MR) is 106 cm³/mol. The monoisotopic (exact) mass is 355 g/mol. The Bertz CT molecular complexity index is 1390. The zero-order valence-electron chi connectivity index (χ0n) is 14.4. The second kappa shape index (κ2) is 5.38. The summed E-state index contributed by atoms with van der Waals surface area (Å²) in [6, 6.07) is 18.9. The summed E-state index contributed by atoms with van der Waals surface area (Å²) in [5.41, 5.74) is -0.0346. The lowest BCUT2D eigenvalue weighted by atomic mass is 9.89. The Balaban J connectivity index is 2.13. The summed E-state index contributed by atoms with van der Waals surface area (Å²) in [6.07, 6.45) is 0. The minimum absolute atomic E-state index is 0.0346. The van der Waals surface area contributed by atoms with Crippen molar-refractivity contribution in [2.24, 2.45) is 0 Å². The van der Waals surface area contributed by atoms with E-state index in [1.165, 1.54) is 6.92 Å². The molecule has 5 aromatic rings. The molecule has 0 fully saturated rings. The zero-order valence-corrected chi connectivity index (χ0v) is 14.4. The number of fused-ring (bicyclic) bond motifs is 2. The van der Waals surface area contributed by atoms with E-state index in [2.05, 4.69) is 0 Å². The van der Waals surface area contributed by atoms with Crippen molar-refractivity contribution in [3.05, 3.63) is 70.8 Å². The third-order valence-electron chi connectivity index (χ3n) is 5.02. The van der Waals surface area contributed by atoms with E-state index < -0.39 is 5.97 Å². The fourth-order valence-electron chi connectivity index (χ4n) is 4.07. The molecule has 0 aliphatic carbocycles. The van der Waals surface area contributed by atoms with Crippen molar-refractivity contribution in [3.8, 4) is 5.75 Å². The molecule has 5 heteroatoms. The highest BCUT2D eigenvalue weighted by molar-refractivity contribution is 6.32. The highest BCUT2D eigenvalue weighted by atomic mass is 16.6. The van der Waals surface area contributed by atoms with Crippen molar-refractivity contribution in [2.45, 2.75) is 6.92 Å². The van der Waals surface area contributed by atoms with Crippen LogP contribution < -0.4 is 4.74 Å². The zero-order chi connectivity index (χ0) is 18.7. The van der Waals surface area contributed by atoms with E-state index in [0.717, 1.165) is 26.9 Å². The first-order valence-corrected chi connectivity index (χ1v) is 8.51. The lowest BCUT2D eigenvalue weighted by Gasteiger charge is -2.15. The van der Waals surface area contributed by atoms with E-state index in [0.29, 0.717) is 16.2 Å². The molecule has 0 aliphatic heterocycles. The van der Waals surface area contributed by atoms with Crippen molar-refractivity contribution in [1.82, 2.24) is 0 Å². The molecule has 0 spiro atoms. The van der Waals surface area contributed by atoms with Crippen LogP contribution in [-0.4, -0.2) is 10.9 Å². The van der Waals surface area contributed by atoms with Gasteiger partial charge in [0.1, 0.15) is 11.1 Å². The molecule has 0 atom stereocenters. The van der Waals surface area contributed by atoms with Gasteiger partial charge in [0.2, 0.25) is 0 Å². The normalized spacial score (nSPS) is 11.6. The molecule has 27 heavy (non-hydrogen) atoms. The van der Waals surface area contributed by atoms with Crippen molar-refractivity contribution < 1.29 is 14.5 Å². The number of nitro benzene ring substituents is 1. The summed E-state index contributed by atoms with van der Waals surface area (Å²) in [5, 5.41) is 18.5. The van der Waals surface area contributed by atoms with Gasteiger partial charge in [-0.15, -0.1) is 0 Å². The second-order valence-corrected chi connectivity index (χ2v) is 6.56. The van der Waals surface area contributed by atoms with E-state index in [4.69, 9.17) is 4.74 Å². The maximum absolute atomic E-state index is 12.1. The third-order valence-corrected chi connectivity index (χ3v) is 5.02. The molecule has 0 aromatic heterocycles. The first kappa shape index (κ1) is 15.5. The van der Waals surface area contributed by atoms with Crippen LogP contribution in [0.15, 0.2) is 60.7 Å². The fourth-order valence-corrected chi connectivity index (χ4v) is 4.07. The summed E-state index contributed by atoms with van der Waals surface area (Å²) in [7, 11) is 0. The number of nitrogens with zero attached hydrogens (tertiary/aromatic N) is 1. The van der Waals surface area contributed by atoms with Gasteiger partial charge in [-0.3, -0.25) is 14.9 Å². The van der Waals surface area contributed by atoms with Crippen LogP contribution in [-0.2, 0) is 4.79 Å². The Morgan fingerprint density at radius 2 is 1.44 bits per heavy atom. The molecule has 0 radical (unpaired) electrons. The number of nitro groups is 1. The van der Waals surface area contributed by atoms with E-state index >= 15 is 0 Å². The van der Waals surface area contributed by atoms with Crippen LogP contribution in [0.3, 0.4) is 0 Å². The van der Waals surface area contributed by atoms with Gasteiger partial charge in [-0.2, -0.15) is 0 Å². The maximum atomic E-state index is 12.1. The highest BCUT2D eigenvalue weighted by Crippen LogP contribution is 2.46. The van der Waals surface area contributed by atoms with E-state index in [1.807, 2.05) is 42.5 Å². The predicted octanol–water partition coefficient (Wildman–Crippen LogP) is 5.57. The van der Waals surface area contributed by atoms with Gasteiger partial charge in [-0.05, 0) is 33.7 Å². The number of carbonyl (C=O) groups is 1. The van der Waals surface area contributed by atoms with Crippen LogP contribution >= 0.6 is 0 Å². The molecule has 5 aromatic carbocycles. The summed E-state index contributed by atoms with van der Waals surface area (Å²) in [5.74, 6) is -0.306. The molecule has 0 aliphatic rings. The maximum Gasteiger partial charge on any atom is 0.308 e. The van der Waals surface area contributed by atoms with Gasteiger partial charge in [0.15, 0.2) is 0 Å². The van der Waals surface area contributed by atoms with Gasteiger partial charge in [-0.25, -0.2) is 0 Å². The largest absolute Gasteiger partial charge is 0.426 e. The Labute approximate surface area is 153 Å². The first-order chi connectivity index (χ1) is 13.1. The van der Waals surface area contributed by atoms with Crippen molar-refractivity contribution in [2.75, 3.05) is 0 Å². The van der Waals surface area contributed by atoms with Gasteiger partial charge < -0.3 is 4.74 Å². The minimum atomic E-state index is -0.512. The second-order valence-electron chi connectivity index (χ2n) is 6.56. The van der Waals surface area contributed by atoms with E-state index in [9.17, 15) is 14.9 Å². The highest BCUT2D eigenvalue weighted by Gasteiger charge is 2.25. The van der Waals surface area contributed by atoms with Crippen LogP contribution in [0.5, 0.6) is 5.75 Å². The number of esters is 1. The van der Waals surface area contributed by atoms with Crippen molar-refractivity contribution >= 4 is 54.7 Å². The molecular formula is C22H13NO4. The quantitative estimate of drug-likeness (QED) is 0.104. The smallest absolute Gasteiger partial charge is 0.308 e. The van der Waals surface area contributed by atoms with Crippen LogP contribution in [0.4, 0.5) is 5.69 Å². The Morgan fingerprint density at radius 3 is 2.11 bits per heavy atom. The van der Waals surface area contributed by atoms with Gasteiger partial charge in [0.25, 0.3) is 5.69 Å². The third kappa shape index (κ3) is 2.08. The standard InChI is InChI=1S/C22H13NO4/c1-12(24)27-18-7-3-6-15-16-10-8-13-4-2-5-14-9-11-17(20(16)19(13)14)22(21(15)18)23(25)26/h2-11H,1H3. The van der Waals surface area contributed by atoms with Gasteiger partial charge >= 0.3 is 5.97 Å². The molecule has 130 valence electrons. The first-order valence-electron chi connectivity index (χ1n) is 8.51. The van der Waals surface area contributed by atoms with Crippen LogP contribution in [0.25, 0.3) is 43.1 Å². The van der Waals surface area contributed by atoms with Gasteiger partial charge in [-0.1, -0.05) is 48.5 Å². The number of benzene rings is 5. The number of carbonyl (C=O) groups excluding carboxylic acids is 1. The number of hydrogen-bond donors (Lipinski definition) is 0. The lowest BCUT2D eigenvalue weighted by molar-refractivity contribution is -0.381. The Kier molecular flexibility index (Phi) is 3.09. The number of ether oxygens (including phenoxy) is 1. The van der Waals surface area contributed by atoms with Gasteiger partial charge in [0.05, 0.1) is 10.3 Å². The molecule has 0 saturated carbocycles. The van der Waals surface area contributed by atoms with E-state index in [1.54, 1.807) is 18.2 Å². The lowest BCUT2D eigenvalue weighted by Crippen LogP contribution is -2.03. The Morgan fingerprint density at radius 1 is 0.815 bits per heavy atom. The van der Waals surface area contributed by atoms with E-state index in [-0.39, 0.29) is 16.4 Å². The molecule has 0 amide bonds. The number of rotatable bonds is 2. The summed E-state index contributed by atoms with van der Waals surface area (Å²) in [6.45, 7) is 1.29. The average Bonchev–Trinajstić information content (AvgIpc) is 2.65. The molecular weight excluding hydrogens is 342 g/mol. The molecule has 5 rings (SSSR count). The summed E-state index contributed by atoms with van der Waals surface area (Å²) >= 11 is 0. The van der Waals surface area contributed by atoms with Crippen molar-refractivity contribution in [1.29, 1.82) is 0 Å². The van der Waals surface area contributed by atoms with Crippen LogP contribution in [0.2, 0.25) is 0 Å². The average molecular weight is 355 g/mol. The number of hydrogen-bond acceptors (Lipinski definition) is 4. The molecule has 5 nitrogen and oxygen atoms in total. The molecule has 0 heterocycles. The fraction of sp³-hybridized carbons (Fsp3) is 0.0455. The molecule has 0 N–H and O–H groups in total. The van der Waals surface area contributed by atoms with Crippen molar-refractivity contribution in [3.63, 3.8) is 0 Å².